The summed E-state index contributed by atoms with van der Waals surface area (Å²) in [5.74, 6) is -1.70. The zero-order chi connectivity index (χ0) is 19.7. The lowest BCUT2D eigenvalue weighted by Gasteiger charge is -2.28. The summed E-state index contributed by atoms with van der Waals surface area (Å²) < 4.78 is 25.0. The van der Waals surface area contributed by atoms with Gasteiger partial charge in [-0.2, -0.15) is 0 Å². The number of carboxylic acids is 1. The first-order chi connectivity index (χ1) is 13.0. The van der Waals surface area contributed by atoms with E-state index in [0.29, 0.717) is 31.7 Å². The highest BCUT2D eigenvalue weighted by Crippen LogP contribution is 2.61. The maximum absolute atomic E-state index is 13.6. The smallest absolute Gasteiger partial charge is 0.357 e. The van der Waals surface area contributed by atoms with Gasteiger partial charge in [0.05, 0.1) is 18.8 Å². The predicted molar refractivity (Wildman–Crippen MR) is 106 cm³/mol. The third kappa shape index (κ3) is 5.93. The fraction of sp³-hybridized carbons (Fsp3) is 0.350. The summed E-state index contributed by atoms with van der Waals surface area (Å²) in [6.07, 6.45) is 1.43. The lowest BCUT2D eigenvalue weighted by atomic mass is 10.2. The van der Waals surface area contributed by atoms with Crippen molar-refractivity contribution >= 4 is 19.3 Å². The van der Waals surface area contributed by atoms with Crippen molar-refractivity contribution in [2.75, 3.05) is 18.5 Å². The van der Waals surface area contributed by atoms with E-state index in [4.69, 9.17) is 14.2 Å². The summed E-state index contributed by atoms with van der Waals surface area (Å²) >= 11 is 0. The molecule has 0 spiro atoms. The van der Waals surface area contributed by atoms with Crippen molar-refractivity contribution in [2.24, 2.45) is 0 Å². The minimum Gasteiger partial charge on any atom is -0.478 e. The van der Waals surface area contributed by atoms with Crippen LogP contribution in [0.15, 0.2) is 54.6 Å². The second-order valence-corrected chi connectivity index (χ2v) is 8.16. The van der Waals surface area contributed by atoms with Crippen LogP contribution in [0, 0.1) is 0 Å². The Balaban J connectivity index is 2.37. The molecule has 0 bridgehead atoms. The molecule has 0 aliphatic heterocycles. The molecule has 0 radical (unpaired) electrons. The molecule has 0 aliphatic carbocycles. The average molecular weight is 391 g/mol. The molecule has 2 rings (SSSR count). The van der Waals surface area contributed by atoms with Gasteiger partial charge in [-0.1, -0.05) is 44.2 Å². The third-order valence-corrected chi connectivity index (χ3v) is 5.96. The maximum Gasteiger partial charge on any atom is 0.357 e. The Hall–Kier alpha value is -2.14. The number of aromatic carboxylic acids is 1. The Morgan fingerprint density at radius 3 is 2.04 bits per heavy atom. The highest BCUT2D eigenvalue weighted by atomic mass is 31.2. The van der Waals surface area contributed by atoms with Crippen molar-refractivity contribution in [1.82, 2.24) is 0 Å². The molecule has 146 valence electrons. The molecule has 1 atom stereocenters. The lowest BCUT2D eigenvalue weighted by Crippen LogP contribution is -2.16. The van der Waals surface area contributed by atoms with Gasteiger partial charge in [-0.15, -0.1) is 0 Å². The molecule has 0 aromatic heterocycles. The Morgan fingerprint density at radius 2 is 1.56 bits per heavy atom. The summed E-state index contributed by atoms with van der Waals surface area (Å²) in [6, 6.07) is 15.6. The second-order valence-electron chi connectivity index (χ2n) is 6.05. The number of hydrogen-bond acceptors (Lipinski definition) is 5. The molecule has 0 amide bonds. The minimum atomic E-state index is -3.51. The van der Waals surface area contributed by atoms with Gasteiger partial charge in [-0.3, -0.25) is 4.57 Å². The SMILES string of the molecule is CCCOP(=O)(OCCC)[C@H](Nc1ccc(C(=O)O)cc1)c1ccccc1. The van der Waals surface area contributed by atoms with Gasteiger partial charge in [0.2, 0.25) is 0 Å². The standard InChI is InChI=1S/C20H26NO5P/c1-3-14-25-27(24,26-15-4-2)19(16-8-6-5-7-9-16)21-18-12-10-17(11-13-18)20(22)23/h5-13,19,21H,3-4,14-15H2,1-2H3,(H,22,23)/t19-/m0/s1. The summed E-state index contributed by atoms with van der Waals surface area (Å²) in [5, 5.41) is 12.3. The van der Waals surface area contributed by atoms with Crippen molar-refractivity contribution < 1.29 is 23.5 Å². The summed E-state index contributed by atoms with van der Waals surface area (Å²) in [6.45, 7) is 4.54. The predicted octanol–water partition coefficient (Wildman–Crippen LogP) is 5.54. The van der Waals surface area contributed by atoms with E-state index < -0.39 is 19.3 Å². The first-order valence-electron chi connectivity index (χ1n) is 9.03. The van der Waals surface area contributed by atoms with E-state index in [-0.39, 0.29) is 5.56 Å². The molecule has 0 heterocycles. The first-order valence-corrected chi connectivity index (χ1v) is 10.6. The first kappa shape index (κ1) is 21.2. The largest absolute Gasteiger partial charge is 0.478 e. The Labute approximate surface area is 160 Å². The zero-order valence-electron chi connectivity index (χ0n) is 15.6. The molecule has 6 nitrogen and oxygen atoms in total. The van der Waals surface area contributed by atoms with E-state index in [1.165, 1.54) is 12.1 Å². The molecular weight excluding hydrogens is 365 g/mol. The van der Waals surface area contributed by atoms with Crippen LogP contribution in [-0.2, 0) is 13.6 Å². The van der Waals surface area contributed by atoms with Crippen LogP contribution in [0.25, 0.3) is 0 Å². The molecule has 2 N–H and O–H groups in total. The third-order valence-electron chi connectivity index (χ3n) is 3.82. The average Bonchev–Trinajstić information content (AvgIpc) is 2.70. The van der Waals surface area contributed by atoms with Crippen LogP contribution in [0.1, 0.15) is 48.4 Å². The number of nitrogens with one attached hydrogen (secondary N) is 1. The zero-order valence-corrected chi connectivity index (χ0v) is 16.5. The molecule has 0 saturated carbocycles. The van der Waals surface area contributed by atoms with E-state index in [1.807, 2.05) is 44.2 Å². The van der Waals surface area contributed by atoms with Crippen LogP contribution in [0.5, 0.6) is 0 Å². The van der Waals surface area contributed by atoms with Crippen LogP contribution in [0.4, 0.5) is 5.69 Å². The fourth-order valence-electron chi connectivity index (χ4n) is 2.47. The quantitative estimate of drug-likeness (QED) is 0.489. The fourth-order valence-corrected chi connectivity index (χ4v) is 4.56. The van der Waals surface area contributed by atoms with Crippen LogP contribution >= 0.6 is 7.60 Å². The summed E-state index contributed by atoms with van der Waals surface area (Å²) in [5.41, 5.74) is 1.59. The second kappa shape index (κ2) is 10.3. The molecule has 7 heteroatoms. The van der Waals surface area contributed by atoms with Gasteiger partial charge < -0.3 is 19.5 Å². The highest BCUT2D eigenvalue weighted by molar-refractivity contribution is 7.54. The number of carboxylic acid groups (broad SMARTS) is 1. The van der Waals surface area contributed by atoms with Crippen molar-refractivity contribution in [3.8, 4) is 0 Å². The summed E-state index contributed by atoms with van der Waals surface area (Å²) in [7, 11) is -3.51. The monoisotopic (exact) mass is 391 g/mol. The molecule has 0 unspecified atom stereocenters. The Bertz CT molecular complexity index is 752. The lowest BCUT2D eigenvalue weighted by molar-refractivity contribution is 0.0697. The van der Waals surface area contributed by atoms with Crippen LogP contribution in [-0.4, -0.2) is 24.3 Å². The topological polar surface area (TPSA) is 84.9 Å². The van der Waals surface area contributed by atoms with Gasteiger partial charge >= 0.3 is 13.6 Å². The van der Waals surface area contributed by atoms with Crippen molar-refractivity contribution in [1.29, 1.82) is 0 Å². The Morgan fingerprint density at radius 1 is 1.00 bits per heavy atom. The molecule has 0 saturated heterocycles. The van der Waals surface area contributed by atoms with Gasteiger partial charge in [0.25, 0.3) is 0 Å². The maximum atomic E-state index is 13.6. The Kier molecular flexibility index (Phi) is 8.04. The van der Waals surface area contributed by atoms with E-state index in [9.17, 15) is 9.36 Å². The van der Waals surface area contributed by atoms with Crippen molar-refractivity contribution in [2.45, 2.75) is 32.5 Å². The van der Waals surface area contributed by atoms with Crippen LogP contribution in [0.2, 0.25) is 0 Å². The molecule has 2 aromatic rings. The van der Waals surface area contributed by atoms with E-state index in [2.05, 4.69) is 5.32 Å². The number of carbonyl (C=O) groups is 1. The van der Waals surface area contributed by atoms with Crippen molar-refractivity contribution in [3.05, 3.63) is 65.7 Å². The van der Waals surface area contributed by atoms with Gasteiger partial charge in [0.15, 0.2) is 5.78 Å². The van der Waals surface area contributed by atoms with Crippen molar-refractivity contribution in [3.63, 3.8) is 0 Å². The van der Waals surface area contributed by atoms with Crippen LogP contribution in [0.3, 0.4) is 0 Å². The van der Waals surface area contributed by atoms with E-state index in [0.717, 1.165) is 5.56 Å². The summed E-state index contributed by atoms with van der Waals surface area (Å²) in [4.78, 5) is 11.0. The van der Waals surface area contributed by atoms with Gasteiger partial charge in [-0.05, 0) is 42.7 Å². The number of hydrogen-bond donors (Lipinski definition) is 2. The van der Waals surface area contributed by atoms with E-state index in [1.54, 1.807) is 12.1 Å². The molecule has 2 aromatic carbocycles. The van der Waals surface area contributed by atoms with Crippen LogP contribution < -0.4 is 5.32 Å². The molecule has 0 aliphatic rings. The molecular formula is C20H26NO5P. The number of benzene rings is 2. The number of rotatable bonds is 11. The normalized spacial score (nSPS) is 12.5. The van der Waals surface area contributed by atoms with Gasteiger partial charge in [0.1, 0.15) is 0 Å². The number of anilines is 1. The van der Waals surface area contributed by atoms with E-state index >= 15 is 0 Å². The molecule has 27 heavy (non-hydrogen) atoms. The van der Waals surface area contributed by atoms with Gasteiger partial charge in [-0.25, -0.2) is 4.79 Å². The van der Waals surface area contributed by atoms with Gasteiger partial charge in [0, 0.05) is 5.69 Å². The minimum absolute atomic E-state index is 0.185. The molecule has 0 fully saturated rings. The highest BCUT2D eigenvalue weighted by Gasteiger charge is 2.37.